The van der Waals surface area contributed by atoms with Crippen LogP contribution in [0.5, 0.6) is 0 Å². The largest absolute Gasteiger partial charge is 0.491 e. The molecule has 5 nitrogen and oxygen atoms in total. The first-order valence-electron chi connectivity index (χ1n) is 7.52. The number of nitrogens with one attached hydrogen (secondary N) is 1. The molecule has 22 heavy (non-hydrogen) atoms. The van der Waals surface area contributed by atoms with E-state index in [1.807, 2.05) is 52.0 Å². The van der Waals surface area contributed by atoms with Gasteiger partial charge in [-0.25, -0.2) is 0 Å². The Morgan fingerprint density at radius 2 is 1.95 bits per heavy atom. The second-order valence-electron chi connectivity index (χ2n) is 6.73. The Morgan fingerprint density at radius 1 is 1.27 bits per heavy atom. The van der Waals surface area contributed by atoms with Gasteiger partial charge in [0.25, 0.3) is 0 Å². The maximum absolute atomic E-state index is 6.07. The number of nitrogens with two attached hydrogens (primary N) is 1. The van der Waals surface area contributed by atoms with Crippen molar-refractivity contribution in [2.75, 3.05) is 6.54 Å². The third-order valence-corrected chi connectivity index (χ3v) is 4.61. The molecule has 116 valence electrons. The van der Waals surface area contributed by atoms with Gasteiger partial charge < -0.3 is 15.0 Å². The SMILES string of the molecule is CC1(C)OB(C(=Cc2ccc3cn[nH]c3c2)CN)OC1(C)C. The van der Waals surface area contributed by atoms with Crippen LogP contribution in [0.3, 0.4) is 0 Å². The van der Waals surface area contributed by atoms with Gasteiger partial charge in [0.15, 0.2) is 0 Å². The lowest BCUT2D eigenvalue weighted by Gasteiger charge is -2.32. The monoisotopic (exact) mass is 299 g/mol. The first-order chi connectivity index (χ1) is 10.3. The molecule has 1 saturated heterocycles. The zero-order valence-corrected chi connectivity index (χ0v) is 13.5. The number of fused-ring (bicyclic) bond motifs is 1. The second kappa shape index (κ2) is 5.23. The summed E-state index contributed by atoms with van der Waals surface area (Å²) in [6, 6.07) is 6.12. The van der Waals surface area contributed by atoms with Crippen LogP contribution in [0, 0.1) is 0 Å². The van der Waals surface area contributed by atoms with Crippen molar-refractivity contribution in [2.24, 2.45) is 5.73 Å². The zero-order valence-electron chi connectivity index (χ0n) is 13.5. The lowest BCUT2D eigenvalue weighted by molar-refractivity contribution is 0.00578. The van der Waals surface area contributed by atoms with Gasteiger partial charge in [-0.3, -0.25) is 5.10 Å². The van der Waals surface area contributed by atoms with Crippen LogP contribution in [0.25, 0.3) is 17.0 Å². The van der Waals surface area contributed by atoms with E-state index in [1.165, 1.54) is 0 Å². The average Bonchev–Trinajstić information content (AvgIpc) is 2.98. The topological polar surface area (TPSA) is 73.2 Å². The van der Waals surface area contributed by atoms with Crippen LogP contribution in [-0.4, -0.2) is 35.1 Å². The molecule has 1 aromatic carbocycles. The van der Waals surface area contributed by atoms with E-state index in [0.717, 1.165) is 21.9 Å². The fourth-order valence-electron chi connectivity index (χ4n) is 2.48. The fraction of sp³-hybridized carbons (Fsp3) is 0.438. The van der Waals surface area contributed by atoms with E-state index in [9.17, 15) is 0 Å². The van der Waals surface area contributed by atoms with Gasteiger partial charge in [0, 0.05) is 11.9 Å². The first-order valence-corrected chi connectivity index (χ1v) is 7.52. The maximum atomic E-state index is 6.07. The molecule has 0 spiro atoms. The molecule has 1 aliphatic heterocycles. The Labute approximate surface area is 131 Å². The van der Waals surface area contributed by atoms with Crippen LogP contribution in [0.4, 0.5) is 0 Å². The van der Waals surface area contributed by atoms with Crippen molar-refractivity contribution in [3.8, 4) is 0 Å². The summed E-state index contributed by atoms with van der Waals surface area (Å²) < 4.78 is 12.1. The summed E-state index contributed by atoms with van der Waals surface area (Å²) in [5, 5.41) is 8.10. The van der Waals surface area contributed by atoms with Crippen molar-refractivity contribution in [3.63, 3.8) is 0 Å². The summed E-state index contributed by atoms with van der Waals surface area (Å²) in [5.74, 6) is 0. The number of hydrogen-bond acceptors (Lipinski definition) is 4. The summed E-state index contributed by atoms with van der Waals surface area (Å²) in [6.07, 6.45) is 3.84. The number of H-pyrrole nitrogens is 1. The lowest BCUT2D eigenvalue weighted by atomic mass is 9.77. The van der Waals surface area contributed by atoms with E-state index >= 15 is 0 Å². The van der Waals surface area contributed by atoms with Crippen molar-refractivity contribution in [1.82, 2.24) is 10.2 Å². The van der Waals surface area contributed by atoms with Gasteiger partial charge >= 0.3 is 7.12 Å². The number of aromatic nitrogens is 2. The molecule has 0 aliphatic carbocycles. The van der Waals surface area contributed by atoms with Crippen LogP contribution < -0.4 is 5.73 Å². The minimum Gasteiger partial charge on any atom is -0.400 e. The molecule has 0 unspecified atom stereocenters. The molecule has 0 saturated carbocycles. The van der Waals surface area contributed by atoms with Crippen molar-refractivity contribution in [2.45, 2.75) is 38.9 Å². The van der Waals surface area contributed by atoms with Gasteiger partial charge in [0.1, 0.15) is 0 Å². The zero-order chi connectivity index (χ0) is 16.0. The Bertz CT molecular complexity index is 705. The van der Waals surface area contributed by atoms with E-state index in [0.29, 0.717) is 6.54 Å². The van der Waals surface area contributed by atoms with Gasteiger partial charge in [0.2, 0.25) is 0 Å². The minimum absolute atomic E-state index is 0.362. The van der Waals surface area contributed by atoms with E-state index in [4.69, 9.17) is 15.0 Å². The quantitative estimate of drug-likeness (QED) is 0.854. The number of nitrogens with zero attached hydrogens (tertiary/aromatic N) is 1. The number of rotatable bonds is 3. The predicted molar refractivity (Wildman–Crippen MR) is 89.2 cm³/mol. The summed E-state index contributed by atoms with van der Waals surface area (Å²) >= 11 is 0. The van der Waals surface area contributed by atoms with E-state index < -0.39 is 7.12 Å². The van der Waals surface area contributed by atoms with Crippen molar-refractivity contribution < 1.29 is 9.31 Å². The van der Waals surface area contributed by atoms with Crippen LogP contribution in [0.15, 0.2) is 29.9 Å². The van der Waals surface area contributed by atoms with Gasteiger partial charge in [-0.2, -0.15) is 5.10 Å². The number of aromatic amines is 1. The molecule has 0 atom stereocenters. The molecule has 6 heteroatoms. The van der Waals surface area contributed by atoms with E-state index in [-0.39, 0.29) is 11.2 Å². The Balaban J connectivity index is 1.90. The summed E-state index contributed by atoms with van der Waals surface area (Å²) in [7, 11) is -0.410. The van der Waals surface area contributed by atoms with Gasteiger partial charge in [-0.05, 0) is 44.8 Å². The third kappa shape index (κ3) is 2.58. The highest BCUT2D eigenvalue weighted by Gasteiger charge is 2.52. The summed E-state index contributed by atoms with van der Waals surface area (Å²) in [5.41, 5.74) is 8.17. The van der Waals surface area contributed by atoms with Crippen molar-refractivity contribution in [1.29, 1.82) is 0 Å². The third-order valence-electron chi connectivity index (χ3n) is 4.61. The molecule has 0 bridgehead atoms. The molecule has 2 heterocycles. The highest BCUT2D eigenvalue weighted by molar-refractivity contribution is 6.55. The molecule has 2 aromatic rings. The minimum atomic E-state index is -0.410. The smallest absolute Gasteiger partial charge is 0.400 e. The van der Waals surface area contributed by atoms with Gasteiger partial charge in [-0.1, -0.05) is 18.2 Å². The highest BCUT2D eigenvalue weighted by atomic mass is 16.7. The molecule has 3 rings (SSSR count). The number of hydrogen-bond donors (Lipinski definition) is 2. The standard InChI is InChI=1S/C16H22BN3O2/c1-15(2)16(3,4)22-17(21-15)13(9-18)7-11-5-6-12-10-19-20-14(12)8-11/h5-8,10H,9,18H2,1-4H3,(H,19,20). The average molecular weight is 299 g/mol. The van der Waals surface area contributed by atoms with Gasteiger partial charge in [-0.15, -0.1) is 0 Å². The Kier molecular flexibility index (Phi) is 3.63. The van der Waals surface area contributed by atoms with Crippen LogP contribution in [0.2, 0.25) is 0 Å². The molecule has 0 radical (unpaired) electrons. The molecule has 1 aromatic heterocycles. The first kappa shape index (κ1) is 15.3. The lowest BCUT2D eigenvalue weighted by Crippen LogP contribution is -2.41. The molecule has 0 amide bonds. The second-order valence-corrected chi connectivity index (χ2v) is 6.73. The molecule has 1 aliphatic rings. The molecular formula is C16H22BN3O2. The molecule has 3 N–H and O–H groups in total. The van der Waals surface area contributed by atoms with Crippen LogP contribution in [-0.2, 0) is 9.31 Å². The fourth-order valence-corrected chi connectivity index (χ4v) is 2.48. The predicted octanol–water partition coefficient (Wildman–Crippen LogP) is 2.54. The van der Waals surface area contributed by atoms with Crippen molar-refractivity contribution in [3.05, 3.63) is 35.4 Å². The van der Waals surface area contributed by atoms with Crippen LogP contribution in [0.1, 0.15) is 33.3 Å². The van der Waals surface area contributed by atoms with E-state index in [1.54, 1.807) is 6.20 Å². The Morgan fingerprint density at radius 3 is 2.59 bits per heavy atom. The molecular weight excluding hydrogens is 277 g/mol. The number of benzene rings is 1. The Hall–Kier alpha value is -1.63. The van der Waals surface area contributed by atoms with Crippen LogP contribution >= 0.6 is 0 Å². The normalized spacial score (nSPS) is 20.8. The summed E-state index contributed by atoms with van der Waals surface area (Å²) in [6.45, 7) is 8.54. The van der Waals surface area contributed by atoms with E-state index in [2.05, 4.69) is 10.2 Å². The molecule has 1 fully saturated rings. The summed E-state index contributed by atoms with van der Waals surface area (Å²) in [4.78, 5) is 0. The van der Waals surface area contributed by atoms with Gasteiger partial charge in [0.05, 0.1) is 22.9 Å². The maximum Gasteiger partial charge on any atom is 0.491 e. The van der Waals surface area contributed by atoms with Crippen molar-refractivity contribution >= 4 is 24.1 Å². The highest BCUT2D eigenvalue weighted by Crippen LogP contribution is 2.38.